The van der Waals surface area contributed by atoms with Gasteiger partial charge in [-0.05, 0) is 53.6 Å². The Morgan fingerprint density at radius 3 is 2.46 bits per heavy atom. The van der Waals surface area contributed by atoms with E-state index >= 15 is 0 Å². The van der Waals surface area contributed by atoms with Crippen molar-refractivity contribution in [1.82, 2.24) is 4.90 Å². The summed E-state index contributed by atoms with van der Waals surface area (Å²) in [5, 5.41) is 9.89. The molecule has 0 aromatic heterocycles. The van der Waals surface area contributed by atoms with E-state index in [4.69, 9.17) is 0 Å². The molecule has 0 saturated carbocycles. The number of aryl methyl sites for hydroxylation is 1. The monoisotopic (exact) mass is 391 g/mol. The fourth-order valence-corrected chi connectivity index (χ4v) is 4.49. The first kappa shape index (κ1) is 18.8. The number of amides is 1. The molecule has 0 unspecified atom stereocenters. The summed E-state index contributed by atoms with van der Waals surface area (Å²) in [6.07, 6.45) is 1.14. The van der Waals surface area contributed by atoms with E-state index in [0.29, 0.717) is 18.7 Å². The van der Waals surface area contributed by atoms with Crippen molar-refractivity contribution >= 4 is 27.5 Å². The van der Waals surface area contributed by atoms with Gasteiger partial charge in [0.15, 0.2) is 9.84 Å². The predicted molar refractivity (Wildman–Crippen MR) is 102 cm³/mol. The number of nitrogens with zero attached hydrogens (tertiary/aromatic N) is 1. The number of phenols is 1. The zero-order valence-electron chi connectivity index (χ0n) is 14.9. The Balaban J connectivity index is 1.97. The first-order valence-corrected chi connectivity index (χ1v) is 11.2. The van der Waals surface area contributed by atoms with Crippen molar-refractivity contribution in [2.75, 3.05) is 12.0 Å². The number of sulfone groups is 1. The van der Waals surface area contributed by atoms with Gasteiger partial charge in [0.2, 0.25) is 0 Å². The number of thioether (sulfide) groups is 1. The van der Waals surface area contributed by atoms with E-state index in [1.807, 2.05) is 19.9 Å². The molecule has 0 spiro atoms. The van der Waals surface area contributed by atoms with Gasteiger partial charge in [-0.15, -0.1) is 11.8 Å². The molecule has 0 bridgehead atoms. The van der Waals surface area contributed by atoms with Crippen LogP contribution in [-0.4, -0.2) is 36.3 Å². The van der Waals surface area contributed by atoms with E-state index in [-0.39, 0.29) is 16.6 Å². The van der Waals surface area contributed by atoms with Crippen molar-refractivity contribution in [3.8, 4) is 5.75 Å². The molecule has 0 atom stereocenters. The molecular weight excluding hydrogens is 370 g/mol. The molecule has 1 heterocycles. The molecule has 0 radical (unpaired) electrons. The molecule has 26 heavy (non-hydrogen) atoms. The Bertz CT molecular complexity index is 952. The number of fused-ring (bicyclic) bond motifs is 1. The summed E-state index contributed by atoms with van der Waals surface area (Å²) < 4.78 is 23.8. The predicted octanol–water partition coefficient (Wildman–Crippen LogP) is 3.37. The minimum Gasteiger partial charge on any atom is -0.508 e. The average Bonchev–Trinajstić information content (AvgIpc) is 2.97. The van der Waals surface area contributed by atoms with Crippen molar-refractivity contribution in [2.45, 2.75) is 36.7 Å². The first-order chi connectivity index (χ1) is 12.2. The largest absolute Gasteiger partial charge is 0.508 e. The Kier molecular flexibility index (Phi) is 5.03. The maximum absolute atomic E-state index is 13.1. The number of carbonyl (C=O) groups excluding carboxylic acids is 1. The fourth-order valence-electron chi connectivity index (χ4n) is 3.06. The lowest BCUT2D eigenvalue weighted by Gasteiger charge is -2.18. The van der Waals surface area contributed by atoms with Crippen LogP contribution in [0.2, 0.25) is 0 Å². The van der Waals surface area contributed by atoms with Crippen LogP contribution in [0.1, 0.15) is 34.0 Å². The van der Waals surface area contributed by atoms with E-state index in [1.165, 1.54) is 17.8 Å². The van der Waals surface area contributed by atoms with Gasteiger partial charge in [0.25, 0.3) is 5.91 Å². The van der Waals surface area contributed by atoms with Crippen molar-refractivity contribution in [3.05, 3.63) is 52.6 Å². The van der Waals surface area contributed by atoms with Gasteiger partial charge in [0.1, 0.15) is 5.75 Å². The molecule has 1 aliphatic rings. The Morgan fingerprint density at radius 2 is 1.85 bits per heavy atom. The van der Waals surface area contributed by atoms with Crippen LogP contribution in [0.5, 0.6) is 5.75 Å². The van der Waals surface area contributed by atoms with Gasteiger partial charge in [-0.3, -0.25) is 4.79 Å². The van der Waals surface area contributed by atoms with Crippen molar-refractivity contribution in [1.29, 1.82) is 0 Å². The second kappa shape index (κ2) is 6.96. The van der Waals surface area contributed by atoms with E-state index in [9.17, 15) is 18.3 Å². The number of aromatic hydroxyl groups is 1. The summed E-state index contributed by atoms with van der Waals surface area (Å²) in [7, 11) is -3.39. The zero-order valence-corrected chi connectivity index (χ0v) is 16.6. The van der Waals surface area contributed by atoms with Gasteiger partial charge in [-0.2, -0.15) is 0 Å². The van der Waals surface area contributed by atoms with Gasteiger partial charge in [-0.25, -0.2) is 8.42 Å². The first-order valence-electron chi connectivity index (χ1n) is 8.28. The maximum atomic E-state index is 13.1. The Labute approximate surface area is 158 Å². The highest BCUT2D eigenvalue weighted by molar-refractivity contribution is 7.99. The smallest absolute Gasteiger partial charge is 0.255 e. The Hall–Kier alpha value is -1.99. The molecule has 2 aromatic carbocycles. The molecule has 0 saturated heterocycles. The molecule has 5 nitrogen and oxygen atoms in total. The van der Waals surface area contributed by atoms with Crippen LogP contribution in [-0.2, 0) is 22.9 Å². The highest BCUT2D eigenvalue weighted by Crippen LogP contribution is 2.32. The highest BCUT2D eigenvalue weighted by atomic mass is 32.2. The fraction of sp³-hybridized carbons (Fsp3) is 0.316. The molecule has 1 N–H and O–H groups in total. The third-order valence-corrected chi connectivity index (χ3v) is 6.50. The molecular formula is C19H21NO4S2. The summed E-state index contributed by atoms with van der Waals surface area (Å²) in [5.41, 5.74) is 3.12. The molecule has 2 aromatic rings. The Morgan fingerprint density at radius 1 is 1.19 bits per heavy atom. The number of carbonyl (C=O) groups is 1. The van der Waals surface area contributed by atoms with E-state index in [2.05, 4.69) is 0 Å². The number of benzene rings is 2. The quantitative estimate of drug-likeness (QED) is 0.809. The average molecular weight is 392 g/mol. The van der Waals surface area contributed by atoms with Gasteiger partial charge >= 0.3 is 0 Å². The number of rotatable bonds is 4. The van der Waals surface area contributed by atoms with Crippen LogP contribution in [0.3, 0.4) is 0 Å². The van der Waals surface area contributed by atoms with Gasteiger partial charge in [-0.1, -0.05) is 13.0 Å². The third-order valence-electron chi connectivity index (χ3n) is 4.44. The van der Waals surface area contributed by atoms with Crippen molar-refractivity contribution in [2.24, 2.45) is 0 Å². The van der Waals surface area contributed by atoms with Crippen LogP contribution in [0.15, 0.2) is 40.1 Å². The second-order valence-corrected chi connectivity index (χ2v) is 9.75. The summed E-state index contributed by atoms with van der Waals surface area (Å²) in [5.74, 6) is 0.811. The zero-order chi connectivity index (χ0) is 19.1. The van der Waals surface area contributed by atoms with E-state index in [1.54, 1.807) is 23.1 Å². The van der Waals surface area contributed by atoms with Crippen LogP contribution in [0.4, 0.5) is 0 Å². The standard InChI is InChI=1S/C19H21NO4S2/c1-4-25-18-6-5-15(26(3,23)24)9-16(18)19(22)20-10-13-7-12(2)17(21)8-14(13)11-20/h5-9,21H,4,10-11H2,1-3H3. The van der Waals surface area contributed by atoms with Crippen molar-refractivity contribution < 1.29 is 18.3 Å². The molecule has 138 valence electrons. The van der Waals surface area contributed by atoms with Crippen LogP contribution >= 0.6 is 11.8 Å². The summed E-state index contributed by atoms with van der Waals surface area (Å²) in [6, 6.07) is 8.32. The molecule has 1 aliphatic heterocycles. The number of phenolic OH excluding ortho intramolecular Hbond substituents is 1. The van der Waals surface area contributed by atoms with Crippen LogP contribution < -0.4 is 0 Å². The van der Waals surface area contributed by atoms with Crippen LogP contribution in [0.25, 0.3) is 0 Å². The topological polar surface area (TPSA) is 74.7 Å². The lowest BCUT2D eigenvalue weighted by molar-refractivity contribution is 0.0747. The normalized spacial score (nSPS) is 13.7. The third kappa shape index (κ3) is 3.59. The summed E-state index contributed by atoms with van der Waals surface area (Å²) in [6.45, 7) is 4.67. The SMILES string of the molecule is CCSc1ccc(S(C)(=O)=O)cc1C(=O)N1Cc2cc(C)c(O)cc2C1. The van der Waals surface area contributed by atoms with E-state index in [0.717, 1.165) is 33.6 Å². The van der Waals surface area contributed by atoms with Crippen LogP contribution in [0, 0.1) is 6.92 Å². The second-order valence-electron chi connectivity index (χ2n) is 6.43. The van der Waals surface area contributed by atoms with Gasteiger partial charge in [0, 0.05) is 24.2 Å². The van der Waals surface area contributed by atoms with E-state index < -0.39 is 9.84 Å². The van der Waals surface area contributed by atoms with Gasteiger partial charge < -0.3 is 10.0 Å². The molecule has 7 heteroatoms. The lowest BCUT2D eigenvalue weighted by atomic mass is 10.1. The molecule has 0 fully saturated rings. The maximum Gasteiger partial charge on any atom is 0.255 e. The molecule has 1 amide bonds. The highest BCUT2D eigenvalue weighted by Gasteiger charge is 2.27. The van der Waals surface area contributed by atoms with Crippen molar-refractivity contribution in [3.63, 3.8) is 0 Å². The molecule has 3 rings (SSSR count). The molecule has 0 aliphatic carbocycles. The van der Waals surface area contributed by atoms with Gasteiger partial charge in [0.05, 0.1) is 10.5 Å². The number of hydrogen-bond donors (Lipinski definition) is 1. The lowest BCUT2D eigenvalue weighted by Crippen LogP contribution is -2.26. The minimum absolute atomic E-state index is 0.145. The minimum atomic E-state index is -3.39. The summed E-state index contributed by atoms with van der Waals surface area (Å²) in [4.78, 5) is 15.7. The summed E-state index contributed by atoms with van der Waals surface area (Å²) >= 11 is 1.51. The number of hydrogen-bond acceptors (Lipinski definition) is 5.